The number of rotatable bonds is 4. The lowest BCUT2D eigenvalue weighted by molar-refractivity contribution is 0.225. The van der Waals surface area contributed by atoms with Crippen molar-refractivity contribution in [3.63, 3.8) is 0 Å². The molecule has 0 saturated heterocycles. The van der Waals surface area contributed by atoms with Crippen molar-refractivity contribution in [2.75, 3.05) is 11.9 Å². The first kappa shape index (κ1) is 15.8. The Morgan fingerprint density at radius 1 is 1.09 bits per heavy atom. The highest BCUT2D eigenvalue weighted by molar-refractivity contribution is 5.89. The summed E-state index contributed by atoms with van der Waals surface area (Å²) < 4.78 is 38.9. The van der Waals surface area contributed by atoms with Crippen molar-refractivity contribution in [1.82, 2.24) is 5.32 Å². The molecule has 0 aliphatic rings. The van der Waals surface area contributed by atoms with Crippen molar-refractivity contribution >= 4 is 11.7 Å². The van der Waals surface area contributed by atoms with Crippen LogP contribution in [0.1, 0.15) is 11.6 Å². The third-order valence-electron chi connectivity index (χ3n) is 2.93. The van der Waals surface area contributed by atoms with Gasteiger partial charge in [-0.2, -0.15) is 0 Å². The maximum atomic E-state index is 13.1. The molecule has 1 unspecified atom stereocenters. The van der Waals surface area contributed by atoms with Crippen LogP contribution in [0, 0.1) is 17.5 Å². The number of carbonyl (C=O) groups is 1. The largest absolute Gasteiger partial charge is 0.394 e. The molecule has 2 aromatic rings. The topological polar surface area (TPSA) is 61.4 Å². The van der Waals surface area contributed by atoms with E-state index in [9.17, 15) is 23.1 Å². The van der Waals surface area contributed by atoms with Gasteiger partial charge >= 0.3 is 6.03 Å². The van der Waals surface area contributed by atoms with Crippen molar-refractivity contribution in [3.8, 4) is 0 Å². The van der Waals surface area contributed by atoms with Gasteiger partial charge in [-0.15, -0.1) is 0 Å². The van der Waals surface area contributed by atoms with E-state index < -0.39 is 29.5 Å². The fourth-order valence-electron chi connectivity index (χ4n) is 1.87. The molecular formula is C15H13F3N2O2. The van der Waals surface area contributed by atoms with Gasteiger partial charge < -0.3 is 15.7 Å². The number of anilines is 1. The molecule has 2 amide bonds. The predicted octanol–water partition coefficient (Wildman–Crippen LogP) is 2.96. The second-order valence-electron chi connectivity index (χ2n) is 4.50. The molecular weight excluding hydrogens is 297 g/mol. The molecule has 2 aromatic carbocycles. The second-order valence-corrected chi connectivity index (χ2v) is 4.50. The molecule has 0 bridgehead atoms. The minimum atomic E-state index is -1.61. The summed E-state index contributed by atoms with van der Waals surface area (Å²) in [6.07, 6.45) is 0. The third kappa shape index (κ3) is 3.76. The normalized spacial score (nSPS) is 11.8. The number of aliphatic hydroxyl groups is 1. The van der Waals surface area contributed by atoms with Crippen LogP contribution in [0.2, 0.25) is 0 Å². The summed E-state index contributed by atoms with van der Waals surface area (Å²) in [5, 5.41) is 13.9. The lowest BCUT2D eigenvalue weighted by Gasteiger charge is -2.17. The second kappa shape index (κ2) is 6.95. The van der Waals surface area contributed by atoms with Crippen LogP contribution in [0.3, 0.4) is 0 Å². The van der Waals surface area contributed by atoms with E-state index in [4.69, 9.17) is 0 Å². The molecule has 0 aromatic heterocycles. The molecule has 4 nitrogen and oxygen atoms in total. The number of hydrogen-bond donors (Lipinski definition) is 3. The van der Waals surface area contributed by atoms with Gasteiger partial charge in [0.25, 0.3) is 0 Å². The number of benzene rings is 2. The molecule has 0 aliphatic carbocycles. The van der Waals surface area contributed by atoms with Crippen molar-refractivity contribution in [1.29, 1.82) is 0 Å². The highest BCUT2D eigenvalue weighted by Gasteiger charge is 2.15. The van der Waals surface area contributed by atoms with Gasteiger partial charge in [0.1, 0.15) is 0 Å². The summed E-state index contributed by atoms with van der Waals surface area (Å²) in [7, 11) is 0. The Kier molecular flexibility index (Phi) is 5.00. The van der Waals surface area contributed by atoms with Crippen molar-refractivity contribution in [2.45, 2.75) is 6.04 Å². The number of nitrogens with one attached hydrogen (secondary N) is 2. The van der Waals surface area contributed by atoms with E-state index in [2.05, 4.69) is 10.6 Å². The molecule has 0 radical (unpaired) electrons. The van der Waals surface area contributed by atoms with Crippen LogP contribution in [0.5, 0.6) is 0 Å². The van der Waals surface area contributed by atoms with Crippen LogP contribution in [0.25, 0.3) is 0 Å². The number of carbonyl (C=O) groups excluding carboxylic acids is 1. The molecule has 0 aliphatic heterocycles. The standard InChI is InChI=1S/C15H13F3N2O2/c16-11-6-10(7-12(17)14(11)18)19-15(22)20-13(8-21)9-4-2-1-3-5-9/h1-7,13,21H,8H2,(H2,19,20,22). The highest BCUT2D eigenvalue weighted by Crippen LogP contribution is 2.18. The van der Waals surface area contributed by atoms with Crippen LogP contribution in [-0.2, 0) is 0 Å². The van der Waals surface area contributed by atoms with Crippen molar-refractivity contribution < 1.29 is 23.1 Å². The molecule has 0 heterocycles. The first-order valence-electron chi connectivity index (χ1n) is 6.39. The zero-order valence-corrected chi connectivity index (χ0v) is 11.3. The Morgan fingerprint density at radius 2 is 1.68 bits per heavy atom. The van der Waals surface area contributed by atoms with Crippen molar-refractivity contribution in [2.24, 2.45) is 0 Å². The summed E-state index contributed by atoms with van der Waals surface area (Å²) in [5.74, 6) is -4.42. The Balaban J connectivity index is 2.06. The van der Waals surface area contributed by atoms with E-state index in [0.717, 1.165) is 0 Å². The Labute approximate surface area is 124 Å². The molecule has 0 fully saturated rings. The van der Waals surface area contributed by atoms with Gasteiger partial charge in [0.05, 0.1) is 12.6 Å². The van der Waals surface area contributed by atoms with Crippen LogP contribution in [0.15, 0.2) is 42.5 Å². The summed E-state index contributed by atoms with van der Waals surface area (Å²) >= 11 is 0. The molecule has 116 valence electrons. The fraction of sp³-hybridized carbons (Fsp3) is 0.133. The average molecular weight is 310 g/mol. The quantitative estimate of drug-likeness (QED) is 0.760. The van der Waals surface area contributed by atoms with Gasteiger partial charge in [0.2, 0.25) is 0 Å². The first-order valence-corrected chi connectivity index (χ1v) is 6.39. The number of halogens is 3. The lowest BCUT2D eigenvalue weighted by Crippen LogP contribution is -2.34. The zero-order valence-electron chi connectivity index (χ0n) is 11.3. The monoisotopic (exact) mass is 310 g/mol. The summed E-state index contributed by atoms with van der Waals surface area (Å²) in [6, 6.07) is 8.52. The Bertz CT molecular complexity index is 642. The van der Waals surface area contributed by atoms with Crippen molar-refractivity contribution in [3.05, 3.63) is 65.5 Å². The minimum absolute atomic E-state index is 0.237. The van der Waals surface area contributed by atoms with Gasteiger partial charge in [-0.3, -0.25) is 0 Å². The summed E-state index contributed by atoms with van der Waals surface area (Å²) in [6.45, 7) is -0.358. The van der Waals surface area contributed by atoms with E-state index in [1.807, 2.05) is 0 Å². The maximum Gasteiger partial charge on any atom is 0.319 e. The van der Waals surface area contributed by atoms with E-state index in [-0.39, 0.29) is 12.3 Å². The van der Waals surface area contributed by atoms with Gasteiger partial charge in [-0.1, -0.05) is 30.3 Å². The Hall–Kier alpha value is -2.54. The van der Waals surface area contributed by atoms with Crippen LogP contribution in [0.4, 0.5) is 23.7 Å². The van der Waals surface area contributed by atoms with Gasteiger partial charge in [0.15, 0.2) is 17.5 Å². The van der Waals surface area contributed by atoms with E-state index >= 15 is 0 Å². The summed E-state index contributed by atoms with van der Waals surface area (Å²) in [5.41, 5.74) is 0.426. The predicted molar refractivity (Wildman–Crippen MR) is 74.7 cm³/mol. The fourth-order valence-corrected chi connectivity index (χ4v) is 1.87. The minimum Gasteiger partial charge on any atom is -0.394 e. The summed E-state index contributed by atoms with van der Waals surface area (Å²) in [4.78, 5) is 11.8. The molecule has 0 spiro atoms. The third-order valence-corrected chi connectivity index (χ3v) is 2.93. The van der Waals surface area contributed by atoms with Gasteiger partial charge in [-0.25, -0.2) is 18.0 Å². The average Bonchev–Trinajstić information content (AvgIpc) is 2.51. The van der Waals surface area contributed by atoms with Crippen LogP contribution in [-0.4, -0.2) is 17.7 Å². The molecule has 0 saturated carbocycles. The number of urea groups is 1. The molecule has 22 heavy (non-hydrogen) atoms. The smallest absolute Gasteiger partial charge is 0.319 e. The van der Waals surface area contributed by atoms with Crippen LogP contribution >= 0.6 is 0 Å². The van der Waals surface area contributed by atoms with E-state index in [0.29, 0.717) is 17.7 Å². The lowest BCUT2D eigenvalue weighted by atomic mass is 10.1. The van der Waals surface area contributed by atoms with Gasteiger partial charge in [0, 0.05) is 17.8 Å². The van der Waals surface area contributed by atoms with Crippen LogP contribution < -0.4 is 10.6 Å². The number of amides is 2. The maximum absolute atomic E-state index is 13.1. The number of hydrogen-bond acceptors (Lipinski definition) is 2. The molecule has 2 rings (SSSR count). The number of aliphatic hydroxyl groups excluding tert-OH is 1. The molecule has 7 heteroatoms. The SMILES string of the molecule is O=C(Nc1cc(F)c(F)c(F)c1)NC(CO)c1ccccc1. The first-order chi connectivity index (χ1) is 10.5. The van der Waals surface area contributed by atoms with Gasteiger partial charge in [-0.05, 0) is 5.56 Å². The van der Waals surface area contributed by atoms with E-state index in [1.165, 1.54) is 0 Å². The molecule has 1 atom stereocenters. The zero-order chi connectivity index (χ0) is 16.1. The Morgan fingerprint density at radius 3 is 2.23 bits per heavy atom. The van der Waals surface area contributed by atoms with E-state index in [1.54, 1.807) is 30.3 Å². The molecule has 3 N–H and O–H groups in total. The highest BCUT2D eigenvalue weighted by atomic mass is 19.2.